The maximum atomic E-state index is 12.3. The number of H-pyrrole nitrogens is 1. The van der Waals surface area contributed by atoms with Crippen LogP contribution < -0.4 is 16.3 Å². The number of anilines is 1. The first kappa shape index (κ1) is 20.3. The molecule has 8 heteroatoms. The zero-order chi connectivity index (χ0) is 22.2. The van der Waals surface area contributed by atoms with E-state index in [9.17, 15) is 9.59 Å². The van der Waals surface area contributed by atoms with E-state index in [1.165, 1.54) is 0 Å². The third-order valence-corrected chi connectivity index (χ3v) is 6.27. The topological polar surface area (TPSA) is 99.7 Å². The second kappa shape index (κ2) is 8.12. The first-order valence-electron chi connectivity index (χ1n) is 10.9. The highest BCUT2D eigenvalue weighted by Gasteiger charge is 2.19. The average Bonchev–Trinajstić information content (AvgIpc) is 3.30. The molecule has 0 radical (unpaired) electrons. The van der Waals surface area contributed by atoms with E-state index in [0.29, 0.717) is 5.56 Å². The standard InChI is InChI=1S/C24H26N6O2/c1-2-17-13-18(5-6-19(17)23(25)31)29-10-8-28(9-11-29)15-16-12-20-22(26-14-16)21-4-3-7-30(21)24(32)27-20/h3-7,12-14H,2,8-11,15H2,1H3,(H2,25,31)(H,27,32). The molecule has 1 aromatic carbocycles. The molecule has 8 nitrogen and oxygen atoms in total. The van der Waals surface area contributed by atoms with Gasteiger partial charge in [-0.1, -0.05) is 6.92 Å². The molecular weight excluding hydrogens is 404 g/mol. The van der Waals surface area contributed by atoms with Gasteiger partial charge in [0.15, 0.2) is 0 Å². The molecule has 3 aromatic heterocycles. The Bertz CT molecular complexity index is 1360. The molecule has 4 aromatic rings. The van der Waals surface area contributed by atoms with Crippen molar-refractivity contribution in [1.29, 1.82) is 0 Å². The lowest BCUT2D eigenvalue weighted by atomic mass is 10.0. The predicted molar refractivity (Wildman–Crippen MR) is 125 cm³/mol. The molecule has 0 unspecified atom stereocenters. The number of fused-ring (bicyclic) bond motifs is 3. The van der Waals surface area contributed by atoms with E-state index in [4.69, 9.17) is 5.73 Å². The number of piperazine rings is 1. The molecule has 1 aliphatic rings. The summed E-state index contributed by atoms with van der Waals surface area (Å²) >= 11 is 0. The summed E-state index contributed by atoms with van der Waals surface area (Å²) in [5.41, 5.74) is 11.5. The highest BCUT2D eigenvalue weighted by molar-refractivity contribution is 5.94. The Labute approximate surface area is 185 Å². The second-order valence-corrected chi connectivity index (χ2v) is 8.26. The molecule has 5 rings (SSSR count). The Balaban J connectivity index is 1.29. The first-order valence-corrected chi connectivity index (χ1v) is 10.9. The van der Waals surface area contributed by atoms with Crippen molar-refractivity contribution in [2.45, 2.75) is 19.9 Å². The van der Waals surface area contributed by atoms with Gasteiger partial charge in [-0.05, 0) is 53.9 Å². The lowest BCUT2D eigenvalue weighted by Gasteiger charge is -2.36. The average molecular weight is 431 g/mol. The third kappa shape index (κ3) is 3.62. The quantitative estimate of drug-likeness (QED) is 0.505. The van der Waals surface area contributed by atoms with Crippen LogP contribution in [0.2, 0.25) is 0 Å². The predicted octanol–water partition coefficient (Wildman–Crippen LogP) is 2.16. The number of aromatic nitrogens is 3. The van der Waals surface area contributed by atoms with E-state index in [1.807, 2.05) is 43.5 Å². The van der Waals surface area contributed by atoms with Crippen LogP contribution in [0.15, 0.2) is 53.6 Å². The van der Waals surface area contributed by atoms with E-state index in [0.717, 1.165) is 72.5 Å². The number of aromatic amines is 1. The van der Waals surface area contributed by atoms with Crippen molar-refractivity contribution in [1.82, 2.24) is 19.3 Å². The fourth-order valence-corrected chi connectivity index (χ4v) is 4.55. The van der Waals surface area contributed by atoms with Gasteiger partial charge in [-0.3, -0.25) is 19.1 Å². The SMILES string of the molecule is CCc1cc(N2CCN(Cc3cnc4c(c3)[nH]c(=O)n3cccc43)CC2)ccc1C(N)=O. The van der Waals surface area contributed by atoms with Crippen LogP contribution in [0.5, 0.6) is 0 Å². The normalized spacial score (nSPS) is 15.0. The molecule has 32 heavy (non-hydrogen) atoms. The van der Waals surface area contributed by atoms with Gasteiger partial charge in [0, 0.05) is 56.4 Å². The molecule has 0 bridgehead atoms. The number of nitrogens with one attached hydrogen (secondary N) is 1. The second-order valence-electron chi connectivity index (χ2n) is 8.26. The molecule has 164 valence electrons. The van der Waals surface area contributed by atoms with Gasteiger partial charge in [0.1, 0.15) is 5.52 Å². The zero-order valence-corrected chi connectivity index (χ0v) is 18.0. The van der Waals surface area contributed by atoms with Crippen LogP contribution in [-0.4, -0.2) is 51.4 Å². The maximum absolute atomic E-state index is 12.3. The van der Waals surface area contributed by atoms with Crippen molar-refractivity contribution in [3.63, 3.8) is 0 Å². The molecule has 1 saturated heterocycles. The van der Waals surface area contributed by atoms with Gasteiger partial charge in [-0.15, -0.1) is 0 Å². The number of nitrogens with two attached hydrogens (primary N) is 1. The maximum Gasteiger partial charge on any atom is 0.330 e. The number of hydrogen-bond donors (Lipinski definition) is 2. The van der Waals surface area contributed by atoms with Gasteiger partial charge < -0.3 is 15.6 Å². The van der Waals surface area contributed by atoms with Gasteiger partial charge in [-0.25, -0.2) is 4.79 Å². The molecule has 1 amide bonds. The van der Waals surface area contributed by atoms with Gasteiger partial charge in [0.05, 0.1) is 11.0 Å². The Morgan fingerprint density at radius 1 is 1.16 bits per heavy atom. The van der Waals surface area contributed by atoms with E-state index in [-0.39, 0.29) is 11.6 Å². The number of amides is 1. The van der Waals surface area contributed by atoms with E-state index < -0.39 is 0 Å². The molecule has 0 spiro atoms. The highest BCUT2D eigenvalue weighted by Crippen LogP contribution is 2.23. The summed E-state index contributed by atoms with van der Waals surface area (Å²) in [6, 6.07) is 11.7. The molecule has 0 saturated carbocycles. The summed E-state index contributed by atoms with van der Waals surface area (Å²) in [7, 11) is 0. The van der Waals surface area contributed by atoms with Gasteiger partial charge in [0.2, 0.25) is 5.91 Å². The van der Waals surface area contributed by atoms with Gasteiger partial charge in [-0.2, -0.15) is 0 Å². The number of carbonyl (C=O) groups is 1. The minimum Gasteiger partial charge on any atom is -0.369 e. The number of primary amides is 1. The van der Waals surface area contributed by atoms with Crippen LogP contribution in [0.4, 0.5) is 5.69 Å². The molecular formula is C24H26N6O2. The summed E-state index contributed by atoms with van der Waals surface area (Å²) in [4.78, 5) is 36.2. The Kier molecular flexibility index (Phi) is 5.14. The monoisotopic (exact) mass is 430 g/mol. The van der Waals surface area contributed by atoms with Crippen LogP contribution in [-0.2, 0) is 13.0 Å². The summed E-state index contributed by atoms with van der Waals surface area (Å²) < 4.78 is 1.58. The van der Waals surface area contributed by atoms with Crippen LogP contribution in [0, 0.1) is 0 Å². The summed E-state index contributed by atoms with van der Waals surface area (Å²) in [5, 5.41) is 0. The summed E-state index contributed by atoms with van der Waals surface area (Å²) in [5.74, 6) is -0.374. The number of hydrogen-bond acceptors (Lipinski definition) is 5. The van der Waals surface area contributed by atoms with Crippen LogP contribution in [0.3, 0.4) is 0 Å². The van der Waals surface area contributed by atoms with Gasteiger partial charge >= 0.3 is 5.69 Å². The fourth-order valence-electron chi connectivity index (χ4n) is 4.55. The van der Waals surface area contributed by atoms with Gasteiger partial charge in [0.25, 0.3) is 0 Å². The van der Waals surface area contributed by atoms with E-state index in [1.54, 1.807) is 10.6 Å². The summed E-state index contributed by atoms with van der Waals surface area (Å²) in [6.45, 7) is 6.47. The minimum absolute atomic E-state index is 0.154. The van der Waals surface area contributed by atoms with Crippen molar-refractivity contribution < 1.29 is 4.79 Å². The lowest BCUT2D eigenvalue weighted by Crippen LogP contribution is -2.46. The zero-order valence-electron chi connectivity index (χ0n) is 18.0. The fraction of sp³-hybridized carbons (Fsp3) is 0.292. The highest BCUT2D eigenvalue weighted by atomic mass is 16.1. The first-order chi connectivity index (χ1) is 15.5. The van der Waals surface area contributed by atoms with Crippen LogP contribution in [0.1, 0.15) is 28.4 Å². The molecule has 0 aliphatic carbocycles. The molecule has 1 aliphatic heterocycles. The molecule has 3 N–H and O–H groups in total. The molecule has 4 heterocycles. The summed E-state index contributed by atoms with van der Waals surface area (Å²) in [6.07, 6.45) is 4.42. The Hall–Kier alpha value is -3.65. The van der Waals surface area contributed by atoms with Crippen molar-refractivity contribution in [2.75, 3.05) is 31.1 Å². The molecule has 0 atom stereocenters. The van der Waals surface area contributed by atoms with E-state index >= 15 is 0 Å². The number of carbonyl (C=O) groups excluding carboxylic acids is 1. The Morgan fingerprint density at radius 3 is 2.72 bits per heavy atom. The van der Waals surface area contributed by atoms with Crippen molar-refractivity contribution in [3.8, 4) is 0 Å². The minimum atomic E-state index is -0.374. The largest absolute Gasteiger partial charge is 0.369 e. The lowest BCUT2D eigenvalue weighted by molar-refractivity contribution is 0.0999. The van der Waals surface area contributed by atoms with Crippen molar-refractivity contribution in [3.05, 3.63) is 76.0 Å². The number of aryl methyl sites for hydroxylation is 1. The number of nitrogens with zero attached hydrogens (tertiary/aromatic N) is 4. The van der Waals surface area contributed by atoms with Crippen molar-refractivity contribution >= 4 is 28.1 Å². The van der Waals surface area contributed by atoms with Crippen LogP contribution >= 0.6 is 0 Å². The third-order valence-electron chi connectivity index (χ3n) is 6.27. The number of pyridine rings is 1. The smallest absolute Gasteiger partial charge is 0.330 e. The number of rotatable bonds is 5. The van der Waals surface area contributed by atoms with E-state index in [2.05, 4.69) is 25.8 Å². The van der Waals surface area contributed by atoms with Crippen LogP contribution in [0.25, 0.3) is 16.6 Å². The number of benzene rings is 1. The van der Waals surface area contributed by atoms with Crippen molar-refractivity contribution in [2.24, 2.45) is 5.73 Å². The molecule has 1 fully saturated rings. The Morgan fingerprint density at radius 2 is 1.97 bits per heavy atom.